The van der Waals surface area contributed by atoms with Crippen LogP contribution in [0.2, 0.25) is 0 Å². The smallest absolute Gasteiger partial charge is 0.307 e. The molecule has 0 saturated heterocycles. The summed E-state index contributed by atoms with van der Waals surface area (Å²) < 4.78 is 5.87. The molecule has 0 bridgehead atoms. The third-order valence-corrected chi connectivity index (χ3v) is 4.17. The second-order valence-corrected chi connectivity index (χ2v) is 5.77. The fourth-order valence-corrected chi connectivity index (χ4v) is 2.82. The number of carboxylic acids is 1. The summed E-state index contributed by atoms with van der Waals surface area (Å²) in [6.07, 6.45) is 6.09. The summed E-state index contributed by atoms with van der Waals surface area (Å²) in [5.41, 5.74) is 6.85. The molecule has 0 aromatic heterocycles. The van der Waals surface area contributed by atoms with Crippen LogP contribution in [0.4, 0.5) is 0 Å². The van der Waals surface area contributed by atoms with Gasteiger partial charge in [-0.15, -0.1) is 0 Å². The zero-order chi connectivity index (χ0) is 14.4. The summed E-state index contributed by atoms with van der Waals surface area (Å²) in [5, 5.41) is 8.73. The van der Waals surface area contributed by atoms with Crippen molar-refractivity contribution in [3.05, 3.63) is 29.8 Å². The van der Waals surface area contributed by atoms with E-state index in [1.165, 1.54) is 19.3 Å². The predicted molar refractivity (Wildman–Crippen MR) is 77.8 cm³/mol. The van der Waals surface area contributed by atoms with Gasteiger partial charge in [0.15, 0.2) is 0 Å². The standard InChI is InChI=1S/C16H23NO3/c17-11-16(8-2-1-3-9-16)12-20-14-6-4-13(5-7-14)10-15(18)19/h4-7H,1-3,8-12,17H2,(H,18,19). The van der Waals surface area contributed by atoms with Crippen molar-refractivity contribution in [2.24, 2.45) is 11.1 Å². The largest absolute Gasteiger partial charge is 0.493 e. The van der Waals surface area contributed by atoms with E-state index in [2.05, 4.69) is 0 Å². The number of hydrogen-bond donors (Lipinski definition) is 2. The average Bonchev–Trinajstić information content (AvgIpc) is 2.47. The minimum Gasteiger partial charge on any atom is -0.493 e. The van der Waals surface area contributed by atoms with Crippen LogP contribution < -0.4 is 10.5 Å². The molecular weight excluding hydrogens is 254 g/mol. The zero-order valence-electron chi connectivity index (χ0n) is 11.8. The highest BCUT2D eigenvalue weighted by Gasteiger charge is 2.31. The van der Waals surface area contributed by atoms with E-state index in [-0.39, 0.29) is 11.8 Å². The van der Waals surface area contributed by atoms with Crippen molar-refractivity contribution in [1.29, 1.82) is 0 Å². The third kappa shape index (κ3) is 3.97. The Balaban J connectivity index is 1.91. The van der Waals surface area contributed by atoms with Crippen LogP contribution in [-0.4, -0.2) is 24.2 Å². The number of benzene rings is 1. The Morgan fingerprint density at radius 3 is 2.40 bits per heavy atom. The molecule has 1 saturated carbocycles. The van der Waals surface area contributed by atoms with Crippen molar-refractivity contribution in [1.82, 2.24) is 0 Å². The third-order valence-electron chi connectivity index (χ3n) is 4.17. The first-order valence-electron chi connectivity index (χ1n) is 7.27. The van der Waals surface area contributed by atoms with Crippen LogP contribution in [0.3, 0.4) is 0 Å². The number of carboxylic acid groups (broad SMARTS) is 1. The number of ether oxygens (including phenoxy) is 1. The van der Waals surface area contributed by atoms with E-state index < -0.39 is 5.97 Å². The summed E-state index contributed by atoms with van der Waals surface area (Å²) >= 11 is 0. The van der Waals surface area contributed by atoms with Gasteiger partial charge in [0, 0.05) is 12.0 Å². The average molecular weight is 277 g/mol. The molecule has 2 rings (SSSR count). The Labute approximate surface area is 119 Å². The first-order chi connectivity index (χ1) is 9.63. The van der Waals surface area contributed by atoms with E-state index >= 15 is 0 Å². The normalized spacial score (nSPS) is 17.6. The number of hydrogen-bond acceptors (Lipinski definition) is 3. The molecule has 0 spiro atoms. The quantitative estimate of drug-likeness (QED) is 0.838. The van der Waals surface area contributed by atoms with Crippen LogP contribution >= 0.6 is 0 Å². The van der Waals surface area contributed by atoms with E-state index in [9.17, 15) is 4.79 Å². The Morgan fingerprint density at radius 2 is 1.85 bits per heavy atom. The van der Waals surface area contributed by atoms with Crippen LogP contribution in [0.5, 0.6) is 5.75 Å². The minimum atomic E-state index is -0.817. The predicted octanol–water partition coefficient (Wildman–Crippen LogP) is 2.60. The minimum absolute atomic E-state index is 0.0486. The molecule has 0 amide bonds. The lowest BCUT2D eigenvalue weighted by molar-refractivity contribution is -0.136. The van der Waals surface area contributed by atoms with Crippen LogP contribution in [0, 0.1) is 5.41 Å². The van der Waals surface area contributed by atoms with Crippen molar-refractivity contribution >= 4 is 5.97 Å². The van der Waals surface area contributed by atoms with E-state index in [1.807, 2.05) is 12.1 Å². The van der Waals surface area contributed by atoms with Crippen molar-refractivity contribution in [3.8, 4) is 5.75 Å². The molecule has 1 fully saturated rings. The van der Waals surface area contributed by atoms with Gasteiger partial charge in [0.05, 0.1) is 13.0 Å². The Hall–Kier alpha value is -1.55. The van der Waals surface area contributed by atoms with Gasteiger partial charge in [0.2, 0.25) is 0 Å². The molecule has 20 heavy (non-hydrogen) atoms. The van der Waals surface area contributed by atoms with Crippen LogP contribution in [0.15, 0.2) is 24.3 Å². The number of nitrogens with two attached hydrogens (primary N) is 1. The van der Waals surface area contributed by atoms with Gasteiger partial charge in [-0.25, -0.2) is 0 Å². The van der Waals surface area contributed by atoms with Crippen molar-refractivity contribution in [2.75, 3.05) is 13.2 Å². The highest BCUT2D eigenvalue weighted by molar-refractivity contribution is 5.70. The molecule has 3 N–H and O–H groups in total. The van der Waals surface area contributed by atoms with Crippen molar-refractivity contribution in [2.45, 2.75) is 38.5 Å². The first kappa shape index (κ1) is 14.9. The SMILES string of the molecule is NCC1(COc2ccc(CC(=O)O)cc2)CCCCC1. The topological polar surface area (TPSA) is 72.5 Å². The molecule has 1 aromatic carbocycles. The van der Waals surface area contributed by atoms with E-state index in [4.69, 9.17) is 15.6 Å². The molecule has 4 nitrogen and oxygen atoms in total. The highest BCUT2D eigenvalue weighted by Crippen LogP contribution is 2.35. The first-order valence-corrected chi connectivity index (χ1v) is 7.27. The molecule has 1 aromatic rings. The van der Waals surface area contributed by atoms with Gasteiger partial charge in [0.1, 0.15) is 5.75 Å². The second-order valence-electron chi connectivity index (χ2n) is 5.77. The maximum atomic E-state index is 10.6. The van der Waals surface area contributed by atoms with E-state index in [0.717, 1.165) is 24.2 Å². The Morgan fingerprint density at radius 1 is 1.20 bits per heavy atom. The molecule has 0 atom stereocenters. The van der Waals surface area contributed by atoms with Crippen molar-refractivity contribution in [3.63, 3.8) is 0 Å². The monoisotopic (exact) mass is 277 g/mol. The maximum Gasteiger partial charge on any atom is 0.307 e. The van der Waals surface area contributed by atoms with Gasteiger partial charge in [-0.2, -0.15) is 0 Å². The molecular formula is C16H23NO3. The summed E-state index contributed by atoms with van der Waals surface area (Å²) in [6.45, 7) is 1.33. The van der Waals surface area contributed by atoms with Crippen LogP contribution in [0.25, 0.3) is 0 Å². The number of aliphatic carboxylic acids is 1. The van der Waals surface area contributed by atoms with Crippen LogP contribution in [-0.2, 0) is 11.2 Å². The fourth-order valence-electron chi connectivity index (χ4n) is 2.82. The van der Waals surface area contributed by atoms with Gasteiger partial charge in [-0.05, 0) is 30.5 Å². The molecule has 0 radical (unpaired) electrons. The van der Waals surface area contributed by atoms with Gasteiger partial charge in [0.25, 0.3) is 0 Å². The van der Waals surface area contributed by atoms with Gasteiger partial charge >= 0.3 is 5.97 Å². The Kier molecular flexibility index (Phi) is 5.01. The van der Waals surface area contributed by atoms with Gasteiger partial charge < -0.3 is 15.6 Å². The molecule has 1 aliphatic carbocycles. The number of rotatable bonds is 6. The van der Waals surface area contributed by atoms with Gasteiger partial charge in [-0.1, -0.05) is 31.4 Å². The molecule has 0 heterocycles. The summed E-state index contributed by atoms with van der Waals surface area (Å²) in [4.78, 5) is 10.6. The maximum absolute atomic E-state index is 10.6. The zero-order valence-corrected chi connectivity index (χ0v) is 11.8. The lowest BCUT2D eigenvalue weighted by Crippen LogP contribution is -2.38. The Bertz CT molecular complexity index is 436. The fraction of sp³-hybridized carbons (Fsp3) is 0.562. The molecule has 0 unspecified atom stereocenters. The molecule has 4 heteroatoms. The van der Waals surface area contributed by atoms with Crippen molar-refractivity contribution < 1.29 is 14.6 Å². The molecule has 110 valence electrons. The van der Waals surface area contributed by atoms with Gasteiger partial charge in [-0.3, -0.25) is 4.79 Å². The summed E-state index contributed by atoms with van der Waals surface area (Å²) in [6, 6.07) is 7.29. The molecule has 1 aliphatic rings. The lowest BCUT2D eigenvalue weighted by atomic mass is 9.75. The second kappa shape index (κ2) is 6.75. The van der Waals surface area contributed by atoms with Crippen LogP contribution in [0.1, 0.15) is 37.7 Å². The summed E-state index contributed by atoms with van der Waals surface area (Å²) in [5.74, 6) is -0.0273. The lowest BCUT2D eigenvalue weighted by Gasteiger charge is -2.35. The van der Waals surface area contributed by atoms with E-state index in [1.54, 1.807) is 12.1 Å². The molecule has 0 aliphatic heterocycles. The highest BCUT2D eigenvalue weighted by atomic mass is 16.5. The van der Waals surface area contributed by atoms with E-state index in [0.29, 0.717) is 13.2 Å². The number of carbonyl (C=O) groups is 1. The summed E-state index contributed by atoms with van der Waals surface area (Å²) in [7, 11) is 0.